The van der Waals surface area contributed by atoms with Crippen molar-refractivity contribution in [2.24, 2.45) is 11.6 Å². The van der Waals surface area contributed by atoms with Crippen molar-refractivity contribution < 1.29 is 14.6 Å². The van der Waals surface area contributed by atoms with Gasteiger partial charge in [-0.25, -0.2) is 10.6 Å². The maximum absolute atomic E-state index is 10.9. The number of carbonyl (C=O) groups is 1. The number of pyridine rings is 1. The minimum absolute atomic E-state index is 0.230. The average molecular weight is 336 g/mol. The van der Waals surface area contributed by atoms with E-state index in [1.54, 1.807) is 18.3 Å². The van der Waals surface area contributed by atoms with Crippen LogP contribution in [0.25, 0.3) is 21.9 Å². The van der Waals surface area contributed by atoms with Gasteiger partial charge in [0.05, 0.1) is 0 Å². The Morgan fingerprint density at radius 1 is 1.08 bits per heavy atom. The summed E-state index contributed by atoms with van der Waals surface area (Å²) in [6, 6.07) is 15.1. The fourth-order valence-electron chi connectivity index (χ4n) is 2.43. The summed E-state index contributed by atoms with van der Waals surface area (Å²) in [5.41, 5.74) is 8.98. The summed E-state index contributed by atoms with van der Waals surface area (Å²) >= 11 is 0. The van der Waals surface area contributed by atoms with Gasteiger partial charge in [0, 0.05) is 23.3 Å². The Balaban J connectivity index is 1.92. The number of benzene rings is 2. The summed E-state index contributed by atoms with van der Waals surface area (Å²) < 4.78 is 5.39. The van der Waals surface area contributed by atoms with E-state index in [0.717, 1.165) is 21.9 Å². The molecule has 3 aromatic rings. The predicted octanol–water partition coefficient (Wildman–Crippen LogP) is 1.96. The number of rotatable bonds is 5. The monoisotopic (exact) mass is 336 g/mol. The van der Waals surface area contributed by atoms with E-state index in [9.17, 15) is 4.79 Å². The average Bonchev–Trinajstić information content (AvgIpc) is 2.65. The third-order valence-corrected chi connectivity index (χ3v) is 3.66. The van der Waals surface area contributed by atoms with Crippen molar-refractivity contribution in [3.05, 3.63) is 72.5 Å². The van der Waals surface area contributed by atoms with Gasteiger partial charge in [0.15, 0.2) is 5.70 Å². The van der Waals surface area contributed by atoms with Crippen molar-refractivity contribution >= 4 is 16.7 Å². The molecule has 0 aliphatic heterocycles. The zero-order chi connectivity index (χ0) is 17.8. The number of ether oxygens (including phenoxy) is 1. The van der Waals surface area contributed by atoms with Crippen LogP contribution in [0, 0.1) is 0 Å². The number of hydrogen-bond acceptors (Lipinski definition) is 6. The Morgan fingerprint density at radius 2 is 1.80 bits per heavy atom. The molecule has 1 heterocycles. The molecule has 0 radical (unpaired) electrons. The third kappa shape index (κ3) is 3.36. The van der Waals surface area contributed by atoms with Crippen LogP contribution >= 0.6 is 0 Å². The molecule has 0 atom stereocenters. The first-order chi connectivity index (χ1) is 12.1. The van der Waals surface area contributed by atoms with E-state index in [1.807, 2.05) is 42.6 Å². The van der Waals surface area contributed by atoms with Crippen LogP contribution in [0.4, 0.5) is 0 Å². The number of nitrogens with two attached hydrogens (primary N) is 2. The Labute approximate surface area is 143 Å². The first kappa shape index (κ1) is 16.3. The van der Waals surface area contributed by atoms with Gasteiger partial charge in [0.2, 0.25) is 5.88 Å². The molecule has 7 nitrogen and oxygen atoms in total. The van der Waals surface area contributed by atoms with Crippen LogP contribution in [0.3, 0.4) is 0 Å². The van der Waals surface area contributed by atoms with Crippen LogP contribution in [0.5, 0.6) is 5.75 Å². The number of aliphatic carboxylic acids is 1. The second kappa shape index (κ2) is 6.90. The summed E-state index contributed by atoms with van der Waals surface area (Å²) in [6.07, 6.45) is 3.61. The van der Waals surface area contributed by atoms with Gasteiger partial charge in [-0.2, -0.15) is 0 Å². The van der Waals surface area contributed by atoms with Crippen LogP contribution in [0.1, 0.15) is 0 Å². The zero-order valence-electron chi connectivity index (χ0n) is 13.1. The SMILES string of the molecule is NN/C(Oc1ccc(-c2cncc3ccccc23)cc1)=C(\N)C(=O)O. The summed E-state index contributed by atoms with van der Waals surface area (Å²) in [4.78, 5) is 15.2. The summed E-state index contributed by atoms with van der Waals surface area (Å²) in [5.74, 6) is 4.10. The number of fused-ring (bicyclic) bond motifs is 1. The van der Waals surface area contributed by atoms with Gasteiger partial charge in [0.25, 0.3) is 0 Å². The van der Waals surface area contributed by atoms with Gasteiger partial charge in [-0.3, -0.25) is 10.4 Å². The molecule has 2 aromatic carbocycles. The van der Waals surface area contributed by atoms with Gasteiger partial charge >= 0.3 is 5.97 Å². The van der Waals surface area contributed by atoms with Crippen molar-refractivity contribution in [1.82, 2.24) is 10.4 Å². The van der Waals surface area contributed by atoms with Crippen molar-refractivity contribution in [3.63, 3.8) is 0 Å². The summed E-state index contributed by atoms with van der Waals surface area (Å²) in [5, 5.41) is 11.0. The van der Waals surface area contributed by atoms with E-state index in [4.69, 9.17) is 21.4 Å². The molecule has 0 fully saturated rings. The molecule has 7 heteroatoms. The predicted molar refractivity (Wildman–Crippen MR) is 94.0 cm³/mol. The third-order valence-electron chi connectivity index (χ3n) is 3.66. The second-order valence-electron chi connectivity index (χ2n) is 5.23. The fraction of sp³-hybridized carbons (Fsp3) is 0. The van der Waals surface area contributed by atoms with Crippen LogP contribution in [0.15, 0.2) is 72.5 Å². The van der Waals surface area contributed by atoms with Crippen molar-refractivity contribution in [3.8, 4) is 16.9 Å². The van der Waals surface area contributed by atoms with Gasteiger partial charge in [-0.15, -0.1) is 0 Å². The van der Waals surface area contributed by atoms with Gasteiger partial charge in [-0.1, -0.05) is 36.4 Å². The van der Waals surface area contributed by atoms with Crippen LogP contribution in [-0.2, 0) is 4.79 Å². The zero-order valence-corrected chi connectivity index (χ0v) is 13.1. The van der Waals surface area contributed by atoms with Crippen molar-refractivity contribution in [2.75, 3.05) is 0 Å². The molecule has 3 rings (SSSR count). The summed E-state index contributed by atoms with van der Waals surface area (Å²) in [7, 11) is 0. The van der Waals surface area contributed by atoms with E-state index in [1.165, 1.54) is 0 Å². The minimum Gasteiger partial charge on any atom is -0.476 e. The van der Waals surface area contributed by atoms with Crippen LogP contribution in [-0.4, -0.2) is 16.1 Å². The molecule has 0 aliphatic rings. The topological polar surface area (TPSA) is 123 Å². The van der Waals surface area contributed by atoms with Crippen molar-refractivity contribution in [2.45, 2.75) is 0 Å². The molecule has 0 unspecified atom stereocenters. The first-order valence-corrected chi connectivity index (χ1v) is 7.41. The largest absolute Gasteiger partial charge is 0.476 e. The quantitative estimate of drug-likeness (QED) is 0.243. The number of carboxylic acid groups (broad SMARTS) is 1. The number of nitrogens with one attached hydrogen (secondary N) is 1. The lowest BCUT2D eigenvalue weighted by atomic mass is 10.0. The molecule has 1 aromatic heterocycles. The molecular formula is C18H16N4O3. The molecule has 0 spiro atoms. The molecule has 6 N–H and O–H groups in total. The van der Waals surface area contributed by atoms with E-state index in [-0.39, 0.29) is 5.88 Å². The highest BCUT2D eigenvalue weighted by molar-refractivity contribution is 5.95. The fourth-order valence-corrected chi connectivity index (χ4v) is 2.43. The molecule has 0 bridgehead atoms. The van der Waals surface area contributed by atoms with Gasteiger partial charge in [-0.05, 0) is 23.1 Å². The maximum Gasteiger partial charge on any atom is 0.357 e. The molecule has 0 saturated carbocycles. The number of hydrazine groups is 1. The Kier molecular flexibility index (Phi) is 4.49. The van der Waals surface area contributed by atoms with E-state index < -0.39 is 11.7 Å². The van der Waals surface area contributed by atoms with Gasteiger partial charge < -0.3 is 15.6 Å². The molecule has 0 amide bonds. The molecule has 126 valence electrons. The normalized spacial score (nSPS) is 11.7. The highest BCUT2D eigenvalue weighted by Crippen LogP contribution is 2.29. The molecule has 0 aliphatic carbocycles. The number of carboxylic acids is 1. The molecule has 0 saturated heterocycles. The highest BCUT2D eigenvalue weighted by atomic mass is 16.5. The Morgan fingerprint density at radius 3 is 2.48 bits per heavy atom. The van der Waals surface area contributed by atoms with Crippen LogP contribution < -0.4 is 21.7 Å². The smallest absolute Gasteiger partial charge is 0.357 e. The molecule has 25 heavy (non-hydrogen) atoms. The first-order valence-electron chi connectivity index (χ1n) is 7.41. The van der Waals surface area contributed by atoms with Crippen molar-refractivity contribution in [1.29, 1.82) is 0 Å². The second-order valence-corrected chi connectivity index (χ2v) is 5.23. The highest BCUT2D eigenvalue weighted by Gasteiger charge is 2.12. The number of aromatic nitrogens is 1. The van der Waals surface area contributed by atoms with E-state index in [2.05, 4.69) is 10.4 Å². The lowest BCUT2D eigenvalue weighted by Gasteiger charge is -2.11. The van der Waals surface area contributed by atoms with E-state index >= 15 is 0 Å². The minimum atomic E-state index is -1.33. The number of hydrogen-bond donors (Lipinski definition) is 4. The Bertz CT molecular complexity index is 947. The molecular weight excluding hydrogens is 320 g/mol. The summed E-state index contributed by atoms with van der Waals surface area (Å²) in [6.45, 7) is 0. The Hall–Kier alpha value is -3.58. The van der Waals surface area contributed by atoms with Crippen LogP contribution in [0.2, 0.25) is 0 Å². The number of nitrogens with zero attached hydrogens (tertiary/aromatic N) is 1. The standard InChI is InChI=1S/C18H16N4O3/c19-16(18(23)24)17(22-20)25-13-7-5-11(6-8-13)15-10-21-9-12-3-1-2-4-14(12)15/h1-10,22H,19-20H2,(H,23,24)/b17-16+. The van der Waals surface area contributed by atoms with Gasteiger partial charge in [0.1, 0.15) is 5.75 Å². The lowest BCUT2D eigenvalue weighted by Crippen LogP contribution is -2.31. The van der Waals surface area contributed by atoms with E-state index in [0.29, 0.717) is 5.75 Å². The lowest BCUT2D eigenvalue weighted by molar-refractivity contribution is -0.132. The maximum atomic E-state index is 10.9.